The van der Waals surface area contributed by atoms with Crippen LogP contribution in [0.3, 0.4) is 0 Å². The van der Waals surface area contributed by atoms with E-state index in [0.29, 0.717) is 18.2 Å². The maximum absolute atomic E-state index is 11.7. The predicted molar refractivity (Wildman–Crippen MR) is 76.0 cm³/mol. The van der Waals surface area contributed by atoms with Gasteiger partial charge in [0.2, 0.25) is 5.91 Å². The van der Waals surface area contributed by atoms with Gasteiger partial charge in [0.15, 0.2) is 5.82 Å². The van der Waals surface area contributed by atoms with Crippen LogP contribution in [0.1, 0.15) is 12.7 Å². The quantitative estimate of drug-likeness (QED) is 0.846. The van der Waals surface area contributed by atoms with Gasteiger partial charge < -0.3 is 19.9 Å². The zero-order chi connectivity index (χ0) is 14.4. The second-order valence-electron chi connectivity index (χ2n) is 4.18. The Bertz CT molecular complexity index is 563. The lowest BCUT2D eigenvalue weighted by Crippen LogP contribution is -2.21. The van der Waals surface area contributed by atoms with Crippen molar-refractivity contribution in [3.63, 3.8) is 0 Å². The molecule has 1 aromatic heterocycles. The topological polar surface area (TPSA) is 76.4 Å². The summed E-state index contributed by atoms with van der Waals surface area (Å²) in [5, 5.41) is 9.34. The highest BCUT2D eigenvalue weighted by Gasteiger charge is 2.05. The van der Waals surface area contributed by atoms with Gasteiger partial charge in [-0.3, -0.25) is 4.79 Å². The van der Waals surface area contributed by atoms with Gasteiger partial charge in [0.1, 0.15) is 11.5 Å². The molecule has 106 valence electrons. The number of anilines is 2. The molecular formula is C14H17N3O3. The summed E-state index contributed by atoms with van der Waals surface area (Å²) < 4.78 is 10.2. The highest BCUT2D eigenvalue weighted by atomic mass is 16.5. The minimum Gasteiger partial charge on any atom is -0.494 e. The maximum atomic E-state index is 11.7. The molecule has 0 spiro atoms. The molecule has 0 unspecified atom stereocenters. The molecular weight excluding hydrogens is 258 g/mol. The van der Waals surface area contributed by atoms with Crippen LogP contribution in [0.25, 0.3) is 0 Å². The highest BCUT2D eigenvalue weighted by molar-refractivity contribution is 5.92. The van der Waals surface area contributed by atoms with Crippen molar-refractivity contribution in [2.45, 2.75) is 13.8 Å². The van der Waals surface area contributed by atoms with Gasteiger partial charge in [-0.1, -0.05) is 5.16 Å². The van der Waals surface area contributed by atoms with Crippen LogP contribution in [0.4, 0.5) is 11.5 Å². The summed E-state index contributed by atoms with van der Waals surface area (Å²) in [6.07, 6.45) is 0. The molecule has 20 heavy (non-hydrogen) atoms. The van der Waals surface area contributed by atoms with Gasteiger partial charge in [-0.25, -0.2) is 0 Å². The van der Waals surface area contributed by atoms with E-state index in [4.69, 9.17) is 9.26 Å². The van der Waals surface area contributed by atoms with E-state index in [2.05, 4.69) is 15.8 Å². The summed E-state index contributed by atoms with van der Waals surface area (Å²) in [5.41, 5.74) is 0.847. The molecule has 0 fully saturated rings. The average molecular weight is 275 g/mol. The Morgan fingerprint density at radius 3 is 2.70 bits per heavy atom. The highest BCUT2D eigenvalue weighted by Crippen LogP contribution is 2.15. The Labute approximate surface area is 117 Å². The van der Waals surface area contributed by atoms with Gasteiger partial charge in [0, 0.05) is 11.8 Å². The van der Waals surface area contributed by atoms with E-state index in [1.54, 1.807) is 13.0 Å². The number of rotatable bonds is 6. The lowest BCUT2D eigenvalue weighted by molar-refractivity contribution is -0.114. The third kappa shape index (κ3) is 4.01. The van der Waals surface area contributed by atoms with Crippen molar-refractivity contribution in [2.24, 2.45) is 0 Å². The van der Waals surface area contributed by atoms with Crippen molar-refractivity contribution < 1.29 is 14.1 Å². The van der Waals surface area contributed by atoms with E-state index in [9.17, 15) is 4.79 Å². The van der Waals surface area contributed by atoms with E-state index < -0.39 is 0 Å². The second kappa shape index (κ2) is 6.60. The van der Waals surface area contributed by atoms with Crippen molar-refractivity contribution in [1.82, 2.24) is 5.16 Å². The first kappa shape index (κ1) is 13.9. The molecule has 1 heterocycles. The zero-order valence-corrected chi connectivity index (χ0v) is 11.5. The van der Waals surface area contributed by atoms with Crippen LogP contribution < -0.4 is 15.4 Å². The minimum absolute atomic E-state index is 0.153. The molecule has 1 amide bonds. The zero-order valence-electron chi connectivity index (χ0n) is 11.5. The molecule has 2 aromatic rings. The third-order valence-corrected chi connectivity index (χ3v) is 2.51. The van der Waals surface area contributed by atoms with Crippen LogP contribution in [-0.4, -0.2) is 24.2 Å². The molecule has 0 aliphatic rings. The number of nitrogens with one attached hydrogen (secondary N) is 2. The minimum atomic E-state index is -0.188. The normalized spacial score (nSPS) is 10.1. The lowest BCUT2D eigenvalue weighted by atomic mass is 10.3. The number of amides is 1. The lowest BCUT2D eigenvalue weighted by Gasteiger charge is -2.07. The van der Waals surface area contributed by atoms with Crippen LogP contribution in [0.15, 0.2) is 34.9 Å². The molecule has 0 atom stereocenters. The number of carbonyl (C=O) groups is 1. The summed E-state index contributed by atoms with van der Waals surface area (Å²) >= 11 is 0. The van der Waals surface area contributed by atoms with Crippen LogP contribution in [-0.2, 0) is 4.79 Å². The number of aromatic nitrogens is 1. The fraction of sp³-hybridized carbons (Fsp3) is 0.286. The largest absolute Gasteiger partial charge is 0.494 e. The van der Waals surface area contributed by atoms with Crippen LogP contribution in [0, 0.1) is 6.92 Å². The molecule has 1 aromatic carbocycles. The maximum Gasteiger partial charge on any atom is 0.244 e. The summed E-state index contributed by atoms with van der Waals surface area (Å²) in [5.74, 6) is 1.69. The van der Waals surface area contributed by atoms with Gasteiger partial charge in [-0.2, -0.15) is 0 Å². The fourth-order valence-corrected chi connectivity index (χ4v) is 1.63. The van der Waals surface area contributed by atoms with Gasteiger partial charge >= 0.3 is 0 Å². The summed E-state index contributed by atoms with van der Waals surface area (Å²) in [7, 11) is 0. The number of aryl methyl sites for hydroxylation is 1. The van der Waals surface area contributed by atoms with Crippen LogP contribution >= 0.6 is 0 Å². The summed E-state index contributed by atoms with van der Waals surface area (Å²) in [6.45, 7) is 4.48. The molecule has 0 aliphatic heterocycles. The number of hydrogen-bond acceptors (Lipinski definition) is 5. The Hall–Kier alpha value is -2.50. The fourth-order valence-electron chi connectivity index (χ4n) is 1.63. The first-order valence-corrected chi connectivity index (χ1v) is 6.37. The van der Waals surface area contributed by atoms with Crippen molar-refractivity contribution in [1.29, 1.82) is 0 Å². The first-order valence-electron chi connectivity index (χ1n) is 6.37. The van der Waals surface area contributed by atoms with Gasteiger partial charge in [0.25, 0.3) is 0 Å². The van der Waals surface area contributed by atoms with Crippen molar-refractivity contribution in [3.8, 4) is 5.75 Å². The average Bonchev–Trinajstić information content (AvgIpc) is 2.84. The molecule has 0 bridgehead atoms. The van der Waals surface area contributed by atoms with Gasteiger partial charge in [-0.15, -0.1) is 0 Å². The third-order valence-electron chi connectivity index (χ3n) is 2.51. The first-order chi connectivity index (χ1) is 9.67. The summed E-state index contributed by atoms with van der Waals surface area (Å²) in [6, 6.07) is 9.08. The molecule has 6 heteroatoms. The molecule has 2 N–H and O–H groups in total. The van der Waals surface area contributed by atoms with Crippen molar-refractivity contribution >= 4 is 17.4 Å². The number of nitrogens with zero attached hydrogens (tertiary/aromatic N) is 1. The smallest absolute Gasteiger partial charge is 0.244 e. The Morgan fingerprint density at radius 1 is 1.35 bits per heavy atom. The number of carbonyl (C=O) groups excluding carboxylic acids is 1. The van der Waals surface area contributed by atoms with E-state index in [1.165, 1.54) is 0 Å². The predicted octanol–water partition coefficient (Wildman–Crippen LogP) is 2.43. The molecule has 0 saturated heterocycles. The number of benzene rings is 1. The van der Waals surface area contributed by atoms with E-state index in [-0.39, 0.29) is 12.5 Å². The molecule has 6 nitrogen and oxygen atoms in total. The Kier molecular flexibility index (Phi) is 4.60. The van der Waals surface area contributed by atoms with Crippen molar-refractivity contribution in [3.05, 3.63) is 36.1 Å². The van der Waals surface area contributed by atoms with Crippen LogP contribution in [0.2, 0.25) is 0 Å². The Balaban J connectivity index is 1.80. The van der Waals surface area contributed by atoms with Gasteiger partial charge in [0.05, 0.1) is 13.2 Å². The van der Waals surface area contributed by atoms with E-state index in [0.717, 1.165) is 11.4 Å². The molecule has 2 rings (SSSR count). The van der Waals surface area contributed by atoms with Crippen LogP contribution in [0.5, 0.6) is 5.75 Å². The Morgan fingerprint density at radius 2 is 2.10 bits per heavy atom. The molecule has 0 saturated carbocycles. The SMILES string of the molecule is CCOc1ccc(NCC(=O)Nc2cc(C)on2)cc1. The van der Waals surface area contributed by atoms with E-state index in [1.807, 2.05) is 31.2 Å². The monoisotopic (exact) mass is 275 g/mol. The van der Waals surface area contributed by atoms with E-state index >= 15 is 0 Å². The van der Waals surface area contributed by atoms with Gasteiger partial charge in [-0.05, 0) is 38.1 Å². The standard InChI is InChI=1S/C14H17N3O3/c1-3-19-12-6-4-11(5-7-12)15-9-14(18)16-13-8-10(2)20-17-13/h4-8,15H,3,9H2,1-2H3,(H,16,17,18). The van der Waals surface area contributed by atoms with Crippen molar-refractivity contribution in [2.75, 3.05) is 23.8 Å². The number of ether oxygens (including phenoxy) is 1. The molecule has 0 radical (unpaired) electrons. The second-order valence-corrected chi connectivity index (χ2v) is 4.18. The molecule has 0 aliphatic carbocycles. The summed E-state index contributed by atoms with van der Waals surface area (Å²) in [4.78, 5) is 11.7. The number of hydrogen-bond donors (Lipinski definition) is 2.